The zero-order valence-corrected chi connectivity index (χ0v) is 37.2. The number of thioether (sulfide) groups is 1. The van der Waals surface area contributed by atoms with Gasteiger partial charge in [-0.25, -0.2) is 4.79 Å². The van der Waals surface area contributed by atoms with Crippen LogP contribution in [0.4, 0.5) is 0 Å². The number of carbonyl (C=O) groups is 1. The highest BCUT2D eigenvalue weighted by molar-refractivity contribution is 8.01. The molecule has 0 saturated carbocycles. The first-order valence-corrected chi connectivity index (χ1v) is 22.7. The average molecular weight is 887 g/mol. The van der Waals surface area contributed by atoms with Crippen molar-refractivity contribution in [2.75, 3.05) is 13.7 Å². The summed E-state index contributed by atoms with van der Waals surface area (Å²) >= 11 is 1.22. The summed E-state index contributed by atoms with van der Waals surface area (Å²) in [6.07, 6.45) is -5.36. The van der Waals surface area contributed by atoms with E-state index in [0.717, 1.165) is 38.3 Å². The summed E-state index contributed by atoms with van der Waals surface area (Å²) < 4.78 is 40.8. The molecule has 0 aromatic heterocycles. The lowest BCUT2D eigenvalue weighted by atomic mass is 9.80. The summed E-state index contributed by atoms with van der Waals surface area (Å²) in [5.41, 5.74) is 4.35. The fraction of sp³-hybridized carbons (Fsp3) is 0.232. The van der Waals surface area contributed by atoms with Crippen LogP contribution in [0.3, 0.4) is 0 Å². The van der Waals surface area contributed by atoms with Gasteiger partial charge in [-0.2, -0.15) is 0 Å². The van der Waals surface area contributed by atoms with Crippen molar-refractivity contribution in [3.63, 3.8) is 0 Å². The molecule has 1 fully saturated rings. The maximum absolute atomic E-state index is 14.4. The molecule has 0 spiro atoms. The predicted molar refractivity (Wildman–Crippen MR) is 253 cm³/mol. The molecular weight excluding hydrogens is 833 g/mol. The molecule has 0 radical (unpaired) electrons. The van der Waals surface area contributed by atoms with E-state index in [4.69, 9.17) is 28.4 Å². The van der Waals surface area contributed by atoms with E-state index < -0.39 is 47.0 Å². The van der Waals surface area contributed by atoms with E-state index >= 15 is 0 Å². The van der Waals surface area contributed by atoms with Gasteiger partial charge in [0.25, 0.3) is 0 Å². The van der Waals surface area contributed by atoms with E-state index in [2.05, 4.69) is 36.4 Å². The number of hydrogen-bond donors (Lipinski definition) is 1. The van der Waals surface area contributed by atoms with Crippen molar-refractivity contribution in [3.8, 4) is 0 Å². The van der Waals surface area contributed by atoms with Crippen molar-refractivity contribution in [2.45, 2.75) is 72.2 Å². The molecule has 332 valence electrons. The minimum atomic E-state index is -1.66. The Morgan fingerprint density at radius 2 is 1.03 bits per heavy atom. The normalized spacial score (nSPS) is 19.5. The molecule has 9 heteroatoms. The molecule has 0 bridgehead atoms. The van der Waals surface area contributed by atoms with Crippen LogP contribution in [0.2, 0.25) is 0 Å². The van der Waals surface area contributed by atoms with Gasteiger partial charge in [-0.1, -0.05) is 212 Å². The Morgan fingerprint density at radius 3 is 1.49 bits per heavy atom. The minimum absolute atomic E-state index is 0.0136. The second-order valence-corrected chi connectivity index (χ2v) is 17.3. The number of carbonyl (C=O) groups excluding carboxylic acids is 1. The third kappa shape index (κ3) is 11.2. The molecule has 1 heterocycles. The second-order valence-electron chi connectivity index (χ2n) is 16.0. The maximum Gasteiger partial charge on any atom is 0.349 e. The number of aliphatic hydroxyl groups excluding tert-OH is 1. The van der Waals surface area contributed by atoms with Crippen LogP contribution in [0.5, 0.6) is 0 Å². The van der Waals surface area contributed by atoms with Crippen molar-refractivity contribution >= 4 is 17.7 Å². The molecular formula is C56H54O8S. The highest BCUT2D eigenvalue weighted by atomic mass is 32.2. The van der Waals surface area contributed by atoms with Gasteiger partial charge >= 0.3 is 5.97 Å². The Labute approximate surface area is 386 Å². The zero-order valence-electron chi connectivity index (χ0n) is 36.3. The lowest BCUT2D eigenvalue weighted by molar-refractivity contribution is -0.256. The molecule has 7 aromatic carbocycles. The van der Waals surface area contributed by atoms with Gasteiger partial charge in [0.05, 0.1) is 39.6 Å². The first-order valence-electron chi connectivity index (χ1n) is 21.9. The van der Waals surface area contributed by atoms with Crippen molar-refractivity contribution in [2.24, 2.45) is 0 Å². The molecule has 6 atom stereocenters. The van der Waals surface area contributed by atoms with Gasteiger partial charge in [-0.3, -0.25) is 0 Å². The van der Waals surface area contributed by atoms with Crippen molar-refractivity contribution < 1.29 is 38.3 Å². The number of ether oxygens (including phenoxy) is 6. The summed E-state index contributed by atoms with van der Waals surface area (Å²) in [7, 11) is 1.35. The van der Waals surface area contributed by atoms with Crippen LogP contribution in [0.1, 0.15) is 39.8 Å². The molecule has 1 N–H and O–H groups in total. The molecule has 1 aliphatic heterocycles. The van der Waals surface area contributed by atoms with E-state index in [1.165, 1.54) is 18.9 Å². The molecule has 8 rings (SSSR count). The zero-order chi connectivity index (χ0) is 44.7. The van der Waals surface area contributed by atoms with Crippen molar-refractivity contribution in [1.82, 2.24) is 0 Å². The Kier molecular flexibility index (Phi) is 15.7. The van der Waals surface area contributed by atoms with E-state index in [-0.39, 0.29) is 32.8 Å². The van der Waals surface area contributed by atoms with Crippen LogP contribution in [0.15, 0.2) is 217 Å². The van der Waals surface area contributed by atoms with Crippen LogP contribution < -0.4 is 0 Å². The summed E-state index contributed by atoms with van der Waals surface area (Å²) in [5, 5.41) is 12.7. The lowest BCUT2D eigenvalue weighted by Gasteiger charge is -2.48. The predicted octanol–water partition coefficient (Wildman–Crippen LogP) is 10.6. The van der Waals surface area contributed by atoms with Crippen LogP contribution in [0, 0.1) is 0 Å². The average Bonchev–Trinajstić information content (AvgIpc) is 3.37. The van der Waals surface area contributed by atoms with Crippen molar-refractivity contribution in [1.29, 1.82) is 0 Å². The van der Waals surface area contributed by atoms with Crippen LogP contribution >= 0.6 is 11.8 Å². The Balaban J connectivity index is 1.26. The highest BCUT2D eigenvalue weighted by Gasteiger charge is 2.57. The Bertz CT molecular complexity index is 2370. The summed E-state index contributed by atoms with van der Waals surface area (Å²) in [6.45, 7) is 0.469. The third-order valence-electron chi connectivity index (χ3n) is 11.6. The van der Waals surface area contributed by atoms with Gasteiger partial charge in [0.15, 0.2) is 0 Å². The van der Waals surface area contributed by atoms with Gasteiger partial charge in [0, 0.05) is 11.3 Å². The van der Waals surface area contributed by atoms with Gasteiger partial charge in [-0.15, -0.1) is 0 Å². The first-order chi connectivity index (χ1) is 32.0. The molecule has 0 unspecified atom stereocenters. The largest absolute Gasteiger partial charge is 0.466 e. The molecule has 0 aliphatic carbocycles. The fourth-order valence-electron chi connectivity index (χ4n) is 8.38. The van der Waals surface area contributed by atoms with Crippen LogP contribution in [-0.2, 0) is 58.6 Å². The summed E-state index contributed by atoms with van der Waals surface area (Å²) in [6, 6.07) is 69.4. The molecule has 1 saturated heterocycles. The van der Waals surface area contributed by atoms with Crippen molar-refractivity contribution in [3.05, 3.63) is 246 Å². The number of hydrogen-bond acceptors (Lipinski definition) is 9. The second kappa shape index (κ2) is 22.3. The van der Waals surface area contributed by atoms with E-state index in [0.29, 0.717) is 0 Å². The third-order valence-corrected chi connectivity index (χ3v) is 12.9. The van der Waals surface area contributed by atoms with Gasteiger partial charge < -0.3 is 33.5 Å². The fourth-order valence-corrected chi connectivity index (χ4v) is 9.62. The van der Waals surface area contributed by atoms with Gasteiger partial charge in [0.2, 0.25) is 4.93 Å². The topological polar surface area (TPSA) is 92.7 Å². The summed E-state index contributed by atoms with van der Waals surface area (Å²) in [4.78, 5) is 13.5. The number of aliphatic hydroxyl groups is 1. The quantitative estimate of drug-likeness (QED) is 0.0593. The lowest BCUT2D eigenvalue weighted by Crippen LogP contribution is -2.63. The van der Waals surface area contributed by atoms with E-state index in [1.54, 1.807) is 0 Å². The van der Waals surface area contributed by atoms with E-state index in [9.17, 15) is 9.90 Å². The molecule has 7 aromatic rings. The number of rotatable bonds is 20. The summed E-state index contributed by atoms with van der Waals surface area (Å²) in [5.74, 6) is -0.618. The maximum atomic E-state index is 14.4. The Hall–Kier alpha value is -5.88. The Morgan fingerprint density at radius 1 is 0.615 bits per heavy atom. The molecule has 1 aliphatic rings. The molecule has 0 amide bonds. The number of esters is 1. The number of benzene rings is 7. The monoisotopic (exact) mass is 886 g/mol. The molecule has 65 heavy (non-hydrogen) atoms. The molecule has 8 nitrogen and oxygen atoms in total. The smallest absolute Gasteiger partial charge is 0.349 e. The van der Waals surface area contributed by atoms with Crippen LogP contribution in [0.25, 0.3) is 0 Å². The van der Waals surface area contributed by atoms with Gasteiger partial charge in [-0.05, 0) is 45.5 Å². The number of methoxy groups -OCH3 is 1. The van der Waals surface area contributed by atoms with Crippen LogP contribution in [-0.4, -0.2) is 60.2 Å². The van der Waals surface area contributed by atoms with Gasteiger partial charge in [0.1, 0.15) is 30.0 Å². The minimum Gasteiger partial charge on any atom is -0.466 e. The van der Waals surface area contributed by atoms with E-state index in [1.807, 2.05) is 176 Å². The first kappa shape index (κ1) is 45.7. The highest BCUT2D eigenvalue weighted by Crippen LogP contribution is 2.47. The standard InChI is InChI=1S/C56H54O8S/c1-59-54(58)55(65-48-35-21-8-22-36-48)37-49(60-38-42-23-9-2-10-24-42)51(57)53(64-55)52(62-40-44-27-13-4-14-28-44)50(61-39-43-25-11-3-12-26-43)41-63-56(45-29-15-5-16-30-45,46-31-17-6-18-32-46)47-33-19-7-20-34-47/h2-36,49-53,57H,37-41H2,1H3/t49-,50+,51+,52+,53+,55+/m0/s1. The SMILES string of the molecule is COC(=O)[C@]1(Sc2ccccc2)C[C@H](OCc2ccccc2)[C@@H](O)[C@H]([C@H](OCc2ccccc2)[C@@H](COC(c2ccccc2)(c2ccccc2)c2ccccc2)OCc2ccccc2)O1.